The van der Waals surface area contributed by atoms with Gasteiger partial charge in [-0.2, -0.15) is 0 Å². The standard InChI is InChI=1S/C16H14FN3OS2/c17-12-6-10(7-18)3-4-11(12)8-19-15(21)14-9-20-16(23-14)13-2-1-5-22-13/h1-6,9H,7-8,18H2,(H,19,21). The fourth-order valence-electron chi connectivity index (χ4n) is 2.02. The Balaban J connectivity index is 1.66. The topological polar surface area (TPSA) is 68.0 Å². The fourth-order valence-corrected chi connectivity index (χ4v) is 3.65. The zero-order valence-corrected chi connectivity index (χ0v) is 13.7. The van der Waals surface area contributed by atoms with Gasteiger partial charge in [0.25, 0.3) is 5.91 Å². The number of thiazole rings is 1. The number of halogens is 1. The smallest absolute Gasteiger partial charge is 0.263 e. The van der Waals surface area contributed by atoms with Crippen LogP contribution in [0.3, 0.4) is 0 Å². The molecule has 4 nitrogen and oxygen atoms in total. The predicted octanol–water partition coefficient (Wildman–Crippen LogP) is 3.40. The van der Waals surface area contributed by atoms with Gasteiger partial charge < -0.3 is 11.1 Å². The molecule has 3 rings (SSSR count). The zero-order valence-electron chi connectivity index (χ0n) is 12.1. The number of nitrogens with two attached hydrogens (primary N) is 1. The summed E-state index contributed by atoms with van der Waals surface area (Å²) in [6.07, 6.45) is 1.54. The SMILES string of the molecule is NCc1ccc(CNC(=O)c2cnc(-c3cccs3)s2)c(F)c1. The molecule has 0 spiro atoms. The minimum atomic E-state index is -0.364. The van der Waals surface area contributed by atoms with Crippen molar-refractivity contribution in [3.05, 3.63) is 63.7 Å². The van der Waals surface area contributed by atoms with E-state index in [1.165, 1.54) is 17.4 Å². The molecule has 0 bridgehead atoms. The first-order valence-electron chi connectivity index (χ1n) is 6.92. The van der Waals surface area contributed by atoms with Crippen LogP contribution in [-0.4, -0.2) is 10.9 Å². The van der Waals surface area contributed by atoms with E-state index in [9.17, 15) is 9.18 Å². The number of rotatable bonds is 5. The van der Waals surface area contributed by atoms with Crippen molar-refractivity contribution in [1.82, 2.24) is 10.3 Å². The molecule has 0 unspecified atom stereocenters. The molecule has 0 fully saturated rings. The van der Waals surface area contributed by atoms with Gasteiger partial charge in [0.2, 0.25) is 0 Å². The summed E-state index contributed by atoms with van der Waals surface area (Å²) in [6.45, 7) is 0.414. The van der Waals surface area contributed by atoms with E-state index in [4.69, 9.17) is 5.73 Å². The number of hydrogen-bond donors (Lipinski definition) is 2. The molecule has 1 amide bonds. The Labute approximate surface area is 140 Å². The number of aromatic nitrogens is 1. The van der Waals surface area contributed by atoms with Gasteiger partial charge in [-0.15, -0.1) is 22.7 Å². The van der Waals surface area contributed by atoms with Crippen LogP contribution < -0.4 is 11.1 Å². The summed E-state index contributed by atoms with van der Waals surface area (Å²) in [5.74, 6) is -0.621. The van der Waals surface area contributed by atoms with Crippen LogP contribution in [0, 0.1) is 5.82 Å². The molecule has 118 valence electrons. The van der Waals surface area contributed by atoms with Gasteiger partial charge in [-0.05, 0) is 23.1 Å². The molecular formula is C16H14FN3OS2. The Morgan fingerprint density at radius 2 is 2.22 bits per heavy atom. The van der Waals surface area contributed by atoms with Gasteiger partial charge in [-0.3, -0.25) is 4.79 Å². The largest absolute Gasteiger partial charge is 0.347 e. The lowest BCUT2D eigenvalue weighted by atomic mass is 10.1. The Morgan fingerprint density at radius 1 is 1.35 bits per heavy atom. The lowest BCUT2D eigenvalue weighted by molar-refractivity contribution is 0.0954. The van der Waals surface area contributed by atoms with E-state index in [1.807, 2.05) is 17.5 Å². The number of hydrogen-bond acceptors (Lipinski definition) is 5. The summed E-state index contributed by atoms with van der Waals surface area (Å²) in [7, 11) is 0. The summed E-state index contributed by atoms with van der Waals surface area (Å²) in [6, 6.07) is 8.69. The van der Waals surface area contributed by atoms with E-state index in [-0.39, 0.29) is 24.8 Å². The monoisotopic (exact) mass is 347 g/mol. The number of benzene rings is 1. The highest BCUT2D eigenvalue weighted by atomic mass is 32.1. The Morgan fingerprint density at radius 3 is 2.91 bits per heavy atom. The van der Waals surface area contributed by atoms with Crippen LogP contribution >= 0.6 is 22.7 Å². The summed E-state index contributed by atoms with van der Waals surface area (Å²) < 4.78 is 13.9. The maximum Gasteiger partial charge on any atom is 0.263 e. The molecule has 0 aliphatic rings. The zero-order chi connectivity index (χ0) is 16.2. The first-order valence-corrected chi connectivity index (χ1v) is 8.62. The van der Waals surface area contributed by atoms with Crippen molar-refractivity contribution in [1.29, 1.82) is 0 Å². The minimum Gasteiger partial charge on any atom is -0.347 e. The van der Waals surface area contributed by atoms with Gasteiger partial charge in [-0.1, -0.05) is 18.2 Å². The van der Waals surface area contributed by atoms with Crippen LogP contribution in [0.4, 0.5) is 4.39 Å². The van der Waals surface area contributed by atoms with Crippen molar-refractivity contribution in [3.63, 3.8) is 0 Å². The molecule has 0 saturated carbocycles. The van der Waals surface area contributed by atoms with Gasteiger partial charge in [-0.25, -0.2) is 9.37 Å². The Bertz CT molecular complexity index is 815. The van der Waals surface area contributed by atoms with Gasteiger partial charge in [0.15, 0.2) is 0 Å². The van der Waals surface area contributed by atoms with Crippen molar-refractivity contribution in [2.24, 2.45) is 5.73 Å². The molecule has 3 aromatic rings. The van der Waals surface area contributed by atoms with Crippen LogP contribution in [0.25, 0.3) is 9.88 Å². The number of carbonyl (C=O) groups is 1. The second kappa shape index (κ2) is 6.99. The lowest BCUT2D eigenvalue weighted by Gasteiger charge is -2.06. The maximum absolute atomic E-state index is 13.9. The second-order valence-corrected chi connectivity index (χ2v) is 6.80. The van der Waals surface area contributed by atoms with Crippen LogP contribution in [0.1, 0.15) is 20.8 Å². The molecule has 0 radical (unpaired) electrons. The molecule has 0 aliphatic heterocycles. The molecule has 2 heterocycles. The second-order valence-electron chi connectivity index (χ2n) is 4.82. The Hall–Kier alpha value is -2.09. The lowest BCUT2D eigenvalue weighted by Crippen LogP contribution is -2.22. The highest BCUT2D eigenvalue weighted by Crippen LogP contribution is 2.28. The number of carbonyl (C=O) groups excluding carboxylic acids is 1. The quantitative estimate of drug-likeness (QED) is 0.743. The maximum atomic E-state index is 13.9. The van der Waals surface area contributed by atoms with Gasteiger partial charge in [0.1, 0.15) is 15.7 Å². The summed E-state index contributed by atoms with van der Waals surface area (Å²) in [5, 5.41) is 5.49. The molecular weight excluding hydrogens is 333 g/mol. The van der Waals surface area contributed by atoms with E-state index in [0.29, 0.717) is 10.4 Å². The molecule has 1 aromatic carbocycles. The van der Waals surface area contributed by atoms with Crippen LogP contribution in [0.2, 0.25) is 0 Å². The molecule has 3 N–H and O–H groups in total. The van der Waals surface area contributed by atoms with Crippen molar-refractivity contribution in [2.45, 2.75) is 13.1 Å². The van der Waals surface area contributed by atoms with E-state index < -0.39 is 0 Å². The minimum absolute atomic E-state index is 0.127. The molecule has 0 saturated heterocycles. The van der Waals surface area contributed by atoms with Crippen molar-refractivity contribution in [2.75, 3.05) is 0 Å². The van der Waals surface area contributed by atoms with Crippen molar-refractivity contribution < 1.29 is 9.18 Å². The first-order chi connectivity index (χ1) is 11.2. The molecule has 2 aromatic heterocycles. The highest BCUT2D eigenvalue weighted by Gasteiger charge is 2.13. The Kier molecular flexibility index (Phi) is 4.80. The van der Waals surface area contributed by atoms with E-state index in [2.05, 4.69) is 10.3 Å². The number of amides is 1. The van der Waals surface area contributed by atoms with Crippen LogP contribution in [0.15, 0.2) is 41.9 Å². The average Bonchev–Trinajstić information content (AvgIpc) is 3.24. The average molecular weight is 347 g/mol. The predicted molar refractivity (Wildman–Crippen MR) is 90.9 cm³/mol. The molecule has 7 heteroatoms. The molecule has 0 atom stereocenters. The van der Waals surface area contributed by atoms with E-state index in [1.54, 1.807) is 29.7 Å². The highest BCUT2D eigenvalue weighted by molar-refractivity contribution is 7.21. The third-order valence-electron chi connectivity index (χ3n) is 3.25. The fraction of sp³-hybridized carbons (Fsp3) is 0.125. The number of nitrogens with zero attached hydrogens (tertiary/aromatic N) is 1. The van der Waals surface area contributed by atoms with Crippen LogP contribution in [-0.2, 0) is 13.1 Å². The number of thiophene rings is 1. The van der Waals surface area contributed by atoms with Gasteiger partial charge >= 0.3 is 0 Å². The van der Waals surface area contributed by atoms with Crippen molar-refractivity contribution >= 4 is 28.6 Å². The van der Waals surface area contributed by atoms with E-state index in [0.717, 1.165) is 15.4 Å². The summed E-state index contributed by atoms with van der Waals surface area (Å²) in [5.41, 5.74) is 6.62. The third kappa shape index (κ3) is 3.64. The normalized spacial score (nSPS) is 10.7. The first kappa shape index (κ1) is 15.8. The molecule has 23 heavy (non-hydrogen) atoms. The summed E-state index contributed by atoms with van der Waals surface area (Å²) >= 11 is 2.89. The van der Waals surface area contributed by atoms with Gasteiger partial charge in [0, 0.05) is 18.7 Å². The van der Waals surface area contributed by atoms with Crippen LogP contribution in [0.5, 0.6) is 0 Å². The molecule has 0 aliphatic carbocycles. The van der Waals surface area contributed by atoms with Crippen molar-refractivity contribution in [3.8, 4) is 9.88 Å². The number of nitrogens with one attached hydrogen (secondary N) is 1. The summed E-state index contributed by atoms with van der Waals surface area (Å²) in [4.78, 5) is 17.9. The third-order valence-corrected chi connectivity index (χ3v) is 5.29. The van der Waals surface area contributed by atoms with Gasteiger partial charge in [0.05, 0.1) is 11.1 Å². The van der Waals surface area contributed by atoms with E-state index >= 15 is 0 Å².